The molecule has 2 heteroatoms. The second-order valence-electron chi connectivity index (χ2n) is 12.2. The van der Waals surface area contributed by atoms with Crippen LogP contribution in [0.5, 0.6) is 0 Å². The van der Waals surface area contributed by atoms with Gasteiger partial charge < -0.3 is 9.80 Å². The summed E-state index contributed by atoms with van der Waals surface area (Å²) in [6.45, 7) is 13.8. The summed E-state index contributed by atoms with van der Waals surface area (Å²) in [7, 11) is 0. The van der Waals surface area contributed by atoms with Crippen LogP contribution in [0.1, 0.15) is 36.1 Å². The fourth-order valence-corrected chi connectivity index (χ4v) is 7.13. The highest BCUT2D eigenvalue weighted by Gasteiger charge is 2.35. The molecular weight excluding hydrogens is 629 g/mol. The van der Waals surface area contributed by atoms with Crippen LogP contribution in [-0.2, 0) is 12.8 Å². The standard InChI is InChI=1S/C46H36N2.C2H6.C2H4/c1-2-3-4-5-7-19-35-20-11-13-24-43(35)48-45-26-16-23-40(45)41-33-37(28-30-46(41)48)36-27-29-42-38(32-36)21-8-6-15-31-47(42)44-25-14-12-22-39(44)34-17-9-10-18-34;2*1-2/h2-17,20,22-33,45H,1,19,21H2;1-2H3;1-2H2/b4-3-,7-5-,8-6-,31-15-;;. The van der Waals surface area contributed by atoms with E-state index in [2.05, 4.69) is 187 Å². The van der Waals surface area contributed by atoms with Crippen molar-refractivity contribution >= 4 is 33.9 Å². The molecule has 0 fully saturated rings. The maximum absolute atomic E-state index is 3.76. The lowest BCUT2D eigenvalue weighted by atomic mass is 9.95. The van der Waals surface area contributed by atoms with Crippen LogP contribution in [0.2, 0.25) is 0 Å². The molecule has 0 N–H and O–H groups in total. The number of anilines is 4. The predicted molar refractivity (Wildman–Crippen MR) is 227 cm³/mol. The number of allylic oxidation sites excluding steroid dienone is 13. The third kappa shape index (κ3) is 7.12. The third-order valence-electron chi connectivity index (χ3n) is 9.36. The highest BCUT2D eigenvalue weighted by Crippen LogP contribution is 2.49. The molecule has 8 rings (SSSR count). The number of benzene rings is 4. The molecule has 256 valence electrons. The Bertz CT molecular complexity index is 2220. The van der Waals surface area contributed by atoms with Crippen molar-refractivity contribution in [3.05, 3.63) is 224 Å². The van der Waals surface area contributed by atoms with Gasteiger partial charge >= 0.3 is 0 Å². The minimum absolute atomic E-state index is 0.196. The van der Waals surface area contributed by atoms with Crippen LogP contribution in [0.25, 0.3) is 22.3 Å². The van der Waals surface area contributed by atoms with Crippen LogP contribution < -0.4 is 9.80 Å². The average molecular weight is 675 g/mol. The maximum atomic E-state index is 3.76. The summed E-state index contributed by atoms with van der Waals surface area (Å²) < 4.78 is 0. The zero-order valence-electron chi connectivity index (χ0n) is 30.3. The maximum Gasteiger partial charge on any atom is 0.0785 e. The molecule has 4 aromatic rings. The van der Waals surface area contributed by atoms with E-state index in [1.54, 1.807) is 6.08 Å². The van der Waals surface area contributed by atoms with Crippen molar-refractivity contribution in [2.45, 2.75) is 32.7 Å². The van der Waals surface area contributed by atoms with Gasteiger partial charge in [-0.3, -0.25) is 0 Å². The lowest BCUT2D eigenvalue weighted by Gasteiger charge is -2.27. The van der Waals surface area contributed by atoms with Gasteiger partial charge in [-0.1, -0.05) is 136 Å². The van der Waals surface area contributed by atoms with E-state index in [-0.39, 0.29) is 6.04 Å². The molecule has 2 aliphatic heterocycles. The SMILES string of the molecule is C=C.C=C/C=C\C=C/Cc1ccccc1N1c2ccc(-c3ccc4c(c3)C/C=C\C=C/N4c3ccccc3C3=C=CC=C3)cc2C2=CC=CC21.CC. The number of hydrogen-bond donors (Lipinski definition) is 0. The quantitative estimate of drug-likeness (QED) is 0.104. The van der Waals surface area contributed by atoms with E-state index in [0.717, 1.165) is 24.1 Å². The fourth-order valence-electron chi connectivity index (χ4n) is 7.13. The molecule has 0 radical (unpaired) electrons. The average Bonchev–Trinajstić information content (AvgIpc) is 3.96. The number of para-hydroxylation sites is 2. The Balaban J connectivity index is 0.00000112. The Hall–Kier alpha value is -6.34. The summed E-state index contributed by atoms with van der Waals surface area (Å²) in [5, 5.41) is 0. The Morgan fingerprint density at radius 1 is 0.750 bits per heavy atom. The first-order valence-electron chi connectivity index (χ1n) is 18.1. The summed E-state index contributed by atoms with van der Waals surface area (Å²) in [4.78, 5) is 4.83. The highest BCUT2D eigenvalue weighted by molar-refractivity contribution is 5.97. The first-order chi connectivity index (χ1) is 25.8. The van der Waals surface area contributed by atoms with E-state index in [4.69, 9.17) is 0 Å². The Kier molecular flexibility index (Phi) is 11.6. The molecule has 4 aromatic carbocycles. The lowest BCUT2D eigenvalue weighted by molar-refractivity contribution is 0.996. The molecule has 2 heterocycles. The summed E-state index contributed by atoms with van der Waals surface area (Å²) >= 11 is 0. The van der Waals surface area contributed by atoms with Gasteiger partial charge in [0.2, 0.25) is 0 Å². The largest absolute Gasteiger partial charge is 0.330 e. The van der Waals surface area contributed by atoms with Crippen molar-refractivity contribution < 1.29 is 0 Å². The van der Waals surface area contributed by atoms with Gasteiger partial charge in [0, 0.05) is 40.0 Å². The van der Waals surface area contributed by atoms with E-state index in [9.17, 15) is 0 Å². The van der Waals surface area contributed by atoms with Crippen molar-refractivity contribution in [3.8, 4) is 11.1 Å². The molecule has 1 atom stereocenters. The molecule has 0 saturated carbocycles. The molecule has 0 aromatic heterocycles. The summed E-state index contributed by atoms with van der Waals surface area (Å²) in [6.07, 6.45) is 33.5. The number of nitrogens with zero attached hydrogens (tertiary/aromatic N) is 2. The number of fused-ring (bicyclic) bond motifs is 4. The van der Waals surface area contributed by atoms with Crippen molar-refractivity contribution in [2.75, 3.05) is 9.80 Å². The van der Waals surface area contributed by atoms with Gasteiger partial charge in [0.15, 0.2) is 0 Å². The van der Waals surface area contributed by atoms with Crippen LogP contribution in [-0.4, -0.2) is 6.04 Å². The van der Waals surface area contributed by atoms with E-state index in [1.807, 2.05) is 32.1 Å². The van der Waals surface area contributed by atoms with Crippen LogP contribution in [0.4, 0.5) is 22.7 Å². The molecule has 2 aliphatic carbocycles. The zero-order chi connectivity index (χ0) is 36.3. The first-order valence-corrected chi connectivity index (χ1v) is 18.1. The van der Waals surface area contributed by atoms with Crippen molar-refractivity contribution in [1.29, 1.82) is 0 Å². The van der Waals surface area contributed by atoms with Gasteiger partial charge in [0.25, 0.3) is 0 Å². The second-order valence-corrected chi connectivity index (χ2v) is 12.2. The topological polar surface area (TPSA) is 6.48 Å². The second kappa shape index (κ2) is 17.1. The van der Waals surface area contributed by atoms with Crippen LogP contribution in [0.15, 0.2) is 202 Å². The minimum atomic E-state index is 0.196. The van der Waals surface area contributed by atoms with Crippen LogP contribution in [0, 0.1) is 0 Å². The molecule has 1 unspecified atom stereocenters. The van der Waals surface area contributed by atoms with Gasteiger partial charge in [-0.05, 0) is 95.3 Å². The monoisotopic (exact) mass is 674 g/mol. The molecule has 4 aliphatic rings. The summed E-state index contributed by atoms with van der Waals surface area (Å²) in [5.41, 5.74) is 18.3. The molecular formula is C50H46N2. The normalized spacial score (nSPS) is 17.2. The molecule has 2 nitrogen and oxygen atoms in total. The van der Waals surface area contributed by atoms with E-state index in [1.165, 1.54) is 56.0 Å². The summed E-state index contributed by atoms with van der Waals surface area (Å²) in [5.74, 6) is 0. The highest BCUT2D eigenvalue weighted by atomic mass is 15.2. The fraction of sp³-hybridized carbons (Fsp3) is 0.100. The van der Waals surface area contributed by atoms with E-state index < -0.39 is 0 Å². The van der Waals surface area contributed by atoms with Crippen LogP contribution >= 0.6 is 0 Å². The van der Waals surface area contributed by atoms with Crippen molar-refractivity contribution in [2.24, 2.45) is 0 Å². The zero-order valence-corrected chi connectivity index (χ0v) is 30.3. The molecule has 0 spiro atoms. The smallest absolute Gasteiger partial charge is 0.0785 e. The molecule has 0 saturated heterocycles. The first kappa shape index (κ1) is 35.5. The molecule has 0 amide bonds. The minimum Gasteiger partial charge on any atom is -0.330 e. The Morgan fingerprint density at radius 2 is 1.52 bits per heavy atom. The molecule has 0 bridgehead atoms. The Morgan fingerprint density at radius 3 is 2.33 bits per heavy atom. The Labute approximate surface area is 310 Å². The number of hydrogen-bond acceptors (Lipinski definition) is 2. The van der Waals surface area contributed by atoms with Crippen molar-refractivity contribution in [1.82, 2.24) is 0 Å². The third-order valence-corrected chi connectivity index (χ3v) is 9.36. The lowest BCUT2D eigenvalue weighted by Crippen LogP contribution is -2.24. The van der Waals surface area contributed by atoms with Gasteiger partial charge in [0.1, 0.15) is 0 Å². The molecule has 52 heavy (non-hydrogen) atoms. The van der Waals surface area contributed by atoms with Gasteiger partial charge in [-0.2, -0.15) is 0 Å². The summed E-state index contributed by atoms with van der Waals surface area (Å²) in [6, 6.07) is 31.5. The van der Waals surface area contributed by atoms with Gasteiger partial charge in [-0.25, -0.2) is 0 Å². The van der Waals surface area contributed by atoms with Gasteiger partial charge in [0.05, 0.1) is 11.7 Å². The predicted octanol–water partition coefficient (Wildman–Crippen LogP) is 13.4. The van der Waals surface area contributed by atoms with Gasteiger partial charge in [-0.15, -0.1) is 18.9 Å². The van der Waals surface area contributed by atoms with E-state index in [0.29, 0.717) is 0 Å². The number of rotatable bonds is 8. The van der Waals surface area contributed by atoms with Crippen molar-refractivity contribution in [3.63, 3.8) is 0 Å². The van der Waals surface area contributed by atoms with E-state index >= 15 is 0 Å². The van der Waals surface area contributed by atoms with Crippen LogP contribution in [0.3, 0.4) is 0 Å².